The van der Waals surface area contributed by atoms with Crippen LogP contribution in [-0.4, -0.2) is 17.0 Å². The number of hydrogen-bond acceptors (Lipinski definition) is 5. The van der Waals surface area contributed by atoms with E-state index in [0.717, 1.165) is 0 Å². The van der Waals surface area contributed by atoms with Crippen molar-refractivity contribution in [3.05, 3.63) is 39.9 Å². The number of non-ortho nitro benzene ring substituents is 1. The van der Waals surface area contributed by atoms with Gasteiger partial charge in [0.25, 0.3) is 11.6 Å². The van der Waals surface area contributed by atoms with E-state index in [-0.39, 0.29) is 12.1 Å². The zero-order valence-corrected chi connectivity index (χ0v) is 8.66. The summed E-state index contributed by atoms with van der Waals surface area (Å²) in [6.07, 6.45) is 0.981. The molecule has 1 aromatic rings. The van der Waals surface area contributed by atoms with E-state index in [0.29, 0.717) is 5.56 Å². The van der Waals surface area contributed by atoms with Crippen LogP contribution in [0.1, 0.15) is 12.0 Å². The molecule has 0 radical (unpaired) electrons. The highest BCUT2D eigenvalue weighted by Crippen LogP contribution is 2.11. The van der Waals surface area contributed by atoms with E-state index in [2.05, 4.69) is 10.5 Å². The molecule has 86 valence electrons. The largest absolute Gasteiger partial charge is 0.272 e. The summed E-state index contributed by atoms with van der Waals surface area (Å²) in [7, 11) is 0. The Morgan fingerprint density at radius 1 is 1.65 bits per heavy atom. The Hall–Kier alpha value is -2.75. The Balaban J connectivity index is 2.66. The van der Waals surface area contributed by atoms with Gasteiger partial charge in [-0.2, -0.15) is 10.4 Å². The monoisotopic (exact) mass is 232 g/mol. The van der Waals surface area contributed by atoms with Crippen LogP contribution in [0.3, 0.4) is 0 Å². The van der Waals surface area contributed by atoms with Gasteiger partial charge in [-0.3, -0.25) is 14.9 Å². The van der Waals surface area contributed by atoms with Crippen LogP contribution in [0.2, 0.25) is 0 Å². The molecule has 1 rings (SSSR count). The fraction of sp³-hybridized carbons (Fsp3) is 0.100. The highest BCUT2D eigenvalue weighted by Gasteiger charge is 2.03. The molecule has 0 saturated carbocycles. The molecule has 0 saturated heterocycles. The molecule has 0 aliphatic heterocycles. The van der Waals surface area contributed by atoms with Gasteiger partial charge in [0.15, 0.2) is 0 Å². The van der Waals surface area contributed by atoms with Crippen LogP contribution < -0.4 is 5.43 Å². The van der Waals surface area contributed by atoms with Gasteiger partial charge < -0.3 is 0 Å². The average Bonchev–Trinajstić information content (AvgIpc) is 2.30. The number of benzene rings is 1. The lowest BCUT2D eigenvalue weighted by molar-refractivity contribution is -0.384. The van der Waals surface area contributed by atoms with E-state index in [1.807, 2.05) is 0 Å². The van der Waals surface area contributed by atoms with Crippen molar-refractivity contribution in [3.63, 3.8) is 0 Å². The number of nitrogens with one attached hydrogen (secondary N) is 1. The lowest BCUT2D eigenvalue weighted by atomic mass is 10.2. The van der Waals surface area contributed by atoms with Crippen LogP contribution >= 0.6 is 0 Å². The molecule has 0 spiro atoms. The first-order valence-corrected chi connectivity index (χ1v) is 4.57. The molecule has 0 heterocycles. The van der Waals surface area contributed by atoms with Crippen molar-refractivity contribution in [2.45, 2.75) is 6.42 Å². The second-order valence-corrected chi connectivity index (χ2v) is 2.98. The van der Waals surface area contributed by atoms with E-state index in [1.54, 1.807) is 12.1 Å². The van der Waals surface area contributed by atoms with Gasteiger partial charge in [0.05, 0.1) is 17.2 Å². The van der Waals surface area contributed by atoms with Crippen molar-refractivity contribution in [1.82, 2.24) is 5.43 Å². The van der Waals surface area contributed by atoms with Gasteiger partial charge in [0.1, 0.15) is 6.42 Å². The quantitative estimate of drug-likeness (QED) is 0.473. The van der Waals surface area contributed by atoms with Crippen LogP contribution in [0.25, 0.3) is 0 Å². The molecule has 17 heavy (non-hydrogen) atoms. The maximum absolute atomic E-state index is 10.9. The summed E-state index contributed by atoms with van der Waals surface area (Å²) in [6.45, 7) is 0. The van der Waals surface area contributed by atoms with Gasteiger partial charge in [-0.05, 0) is 0 Å². The normalized spacial score (nSPS) is 9.82. The van der Waals surface area contributed by atoms with Crippen molar-refractivity contribution in [2.24, 2.45) is 5.10 Å². The summed E-state index contributed by atoms with van der Waals surface area (Å²) in [5.74, 6) is -0.533. The molecule has 0 aliphatic rings. The molecule has 0 bridgehead atoms. The molecule has 1 aromatic carbocycles. The maximum Gasteiger partial charge on any atom is 0.270 e. The van der Waals surface area contributed by atoms with Gasteiger partial charge >= 0.3 is 0 Å². The molecule has 0 fully saturated rings. The lowest BCUT2D eigenvalue weighted by Gasteiger charge is -1.95. The first-order valence-electron chi connectivity index (χ1n) is 4.57. The molecule has 0 aliphatic carbocycles. The van der Waals surface area contributed by atoms with Gasteiger partial charge in [-0.1, -0.05) is 12.1 Å². The molecule has 0 unspecified atom stereocenters. The van der Waals surface area contributed by atoms with Gasteiger partial charge in [-0.25, -0.2) is 5.43 Å². The van der Waals surface area contributed by atoms with Gasteiger partial charge in [0.2, 0.25) is 0 Å². The number of nitro groups is 1. The summed E-state index contributed by atoms with van der Waals surface area (Å²) < 4.78 is 0. The molecule has 1 amide bonds. The number of rotatable bonds is 4. The first-order chi connectivity index (χ1) is 8.13. The third-order valence-electron chi connectivity index (χ3n) is 1.72. The first kappa shape index (κ1) is 12.3. The van der Waals surface area contributed by atoms with Crippen LogP contribution in [0.4, 0.5) is 5.69 Å². The fourth-order valence-corrected chi connectivity index (χ4v) is 1.01. The summed E-state index contributed by atoms with van der Waals surface area (Å²) in [4.78, 5) is 20.8. The Bertz CT molecular complexity index is 505. The van der Waals surface area contributed by atoms with Crippen molar-refractivity contribution in [3.8, 4) is 6.07 Å². The van der Waals surface area contributed by atoms with Gasteiger partial charge in [0, 0.05) is 17.7 Å². The number of carbonyl (C=O) groups is 1. The average molecular weight is 232 g/mol. The predicted molar refractivity (Wildman–Crippen MR) is 59.1 cm³/mol. The smallest absolute Gasteiger partial charge is 0.270 e. The number of amides is 1. The highest BCUT2D eigenvalue weighted by molar-refractivity contribution is 5.83. The van der Waals surface area contributed by atoms with E-state index < -0.39 is 10.8 Å². The van der Waals surface area contributed by atoms with E-state index in [1.165, 1.54) is 24.4 Å². The summed E-state index contributed by atoms with van der Waals surface area (Å²) in [6, 6.07) is 7.45. The second-order valence-electron chi connectivity index (χ2n) is 2.98. The summed E-state index contributed by atoms with van der Waals surface area (Å²) in [5.41, 5.74) is 2.54. The minimum Gasteiger partial charge on any atom is -0.272 e. The number of nitrogens with zero attached hydrogens (tertiary/aromatic N) is 3. The standard InChI is InChI=1S/C10H8N4O3/c11-5-4-10(15)13-12-7-8-2-1-3-9(6-8)14(16)17/h1-3,6-7H,4H2,(H,13,15). The van der Waals surface area contributed by atoms with Crippen LogP contribution in [0.15, 0.2) is 29.4 Å². The molecular weight excluding hydrogens is 224 g/mol. The SMILES string of the molecule is N#CCC(=O)NN=Cc1cccc([N+](=O)[O-])c1. The minimum atomic E-state index is -0.533. The second kappa shape index (κ2) is 5.97. The van der Waals surface area contributed by atoms with Crippen molar-refractivity contribution in [1.29, 1.82) is 5.26 Å². The van der Waals surface area contributed by atoms with Gasteiger partial charge in [-0.15, -0.1) is 0 Å². The third kappa shape index (κ3) is 4.09. The van der Waals surface area contributed by atoms with Crippen molar-refractivity contribution < 1.29 is 9.72 Å². The van der Waals surface area contributed by atoms with Crippen LogP contribution in [0, 0.1) is 21.4 Å². The maximum atomic E-state index is 10.9. The topological polar surface area (TPSA) is 108 Å². The summed E-state index contributed by atoms with van der Waals surface area (Å²) >= 11 is 0. The van der Waals surface area contributed by atoms with Crippen molar-refractivity contribution >= 4 is 17.8 Å². The molecule has 1 N–H and O–H groups in total. The molecule has 0 atom stereocenters. The Kier molecular flexibility index (Phi) is 4.33. The number of hydrazone groups is 1. The fourth-order valence-electron chi connectivity index (χ4n) is 1.01. The highest BCUT2D eigenvalue weighted by atomic mass is 16.6. The lowest BCUT2D eigenvalue weighted by Crippen LogP contribution is -2.16. The van der Waals surface area contributed by atoms with Crippen LogP contribution in [-0.2, 0) is 4.79 Å². The van der Waals surface area contributed by atoms with Crippen molar-refractivity contribution in [2.75, 3.05) is 0 Å². The Morgan fingerprint density at radius 3 is 3.06 bits per heavy atom. The van der Waals surface area contributed by atoms with E-state index in [9.17, 15) is 14.9 Å². The molecule has 7 heteroatoms. The molecule has 0 aromatic heterocycles. The zero-order chi connectivity index (χ0) is 12.7. The third-order valence-corrected chi connectivity index (χ3v) is 1.72. The zero-order valence-electron chi connectivity index (χ0n) is 8.66. The van der Waals surface area contributed by atoms with E-state index >= 15 is 0 Å². The van der Waals surface area contributed by atoms with Crippen LogP contribution in [0.5, 0.6) is 0 Å². The Labute approximate surface area is 96.5 Å². The minimum absolute atomic E-state index is 0.0581. The number of nitriles is 1. The summed E-state index contributed by atoms with van der Waals surface area (Å²) in [5, 5.41) is 22.3. The number of nitro benzene ring substituents is 1. The predicted octanol–water partition coefficient (Wildman–Crippen LogP) is 0.959. The van der Waals surface area contributed by atoms with E-state index in [4.69, 9.17) is 5.26 Å². The number of hydrogen-bond donors (Lipinski definition) is 1. The molecular formula is C10H8N4O3. The molecule has 7 nitrogen and oxygen atoms in total. The Morgan fingerprint density at radius 2 is 2.41 bits per heavy atom. The number of carbonyl (C=O) groups excluding carboxylic acids is 1.